The van der Waals surface area contributed by atoms with Gasteiger partial charge in [0.15, 0.2) is 5.75 Å². The number of pyridine rings is 1. The summed E-state index contributed by atoms with van der Waals surface area (Å²) in [5.74, 6) is 0.860. The lowest BCUT2D eigenvalue weighted by molar-refractivity contribution is -0.116. The van der Waals surface area contributed by atoms with E-state index in [1.54, 1.807) is 12.3 Å². The van der Waals surface area contributed by atoms with Gasteiger partial charge in [0, 0.05) is 24.0 Å². The number of carbonyl (C=O) groups is 1. The number of hydrogen-bond donors (Lipinski definition) is 1. The number of methoxy groups -OCH3 is 1. The van der Waals surface area contributed by atoms with Gasteiger partial charge >= 0.3 is 0 Å². The lowest BCUT2D eigenvalue weighted by atomic mass is 9.99. The summed E-state index contributed by atoms with van der Waals surface area (Å²) in [5.41, 5.74) is 2.53. The highest BCUT2D eigenvalue weighted by Gasteiger charge is 2.18. The molecule has 1 aromatic carbocycles. The highest BCUT2D eigenvalue weighted by molar-refractivity contribution is 5.90. The highest BCUT2D eigenvalue weighted by Crippen LogP contribution is 2.19. The zero-order chi connectivity index (χ0) is 20.1. The average molecular weight is 383 g/mol. The van der Waals surface area contributed by atoms with Gasteiger partial charge in [-0.15, -0.1) is 0 Å². The van der Waals surface area contributed by atoms with Crippen molar-refractivity contribution >= 4 is 11.6 Å². The number of rotatable bonds is 6. The van der Waals surface area contributed by atoms with Crippen molar-refractivity contribution in [3.05, 3.63) is 58.0 Å². The van der Waals surface area contributed by atoms with Crippen LogP contribution in [-0.2, 0) is 17.9 Å². The normalized spacial score (nSPS) is 15.4. The molecule has 6 nitrogen and oxygen atoms in total. The van der Waals surface area contributed by atoms with Gasteiger partial charge in [-0.25, -0.2) is 0 Å². The summed E-state index contributed by atoms with van der Waals surface area (Å²) in [6, 6.07) is 9.29. The summed E-state index contributed by atoms with van der Waals surface area (Å²) in [6.07, 6.45) is 3.96. The van der Waals surface area contributed by atoms with Crippen molar-refractivity contribution in [2.75, 3.05) is 25.5 Å². The van der Waals surface area contributed by atoms with Gasteiger partial charge in [-0.3, -0.25) is 14.5 Å². The van der Waals surface area contributed by atoms with Crippen LogP contribution < -0.4 is 15.5 Å². The second-order valence-electron chi connectivity index (χ2n) is 7.70. The molecule has 1 fully saturated rings. The van der Waals surface area contributed by atoms with Gasteiger partial charge in [0.1, 0.15) is 6.54 Å². The number of amides is 1. The first-order chi connectivity index (χ1) is 13.4. The topological polar surface area (TPSA) is 63.6 Å². The van der Waals surface area contributed by atoms with Gasteiger partial charge in [-0.2, -0.15) is 0 Å². The Morgan fingerprint density at radius 1 is 1.25 bits per heavy atom. The monoisotopic (exact) mass is 383 g/mol. The quantitative estimate of drug-likeness (QED) is 0.833. The van der Waals surface area contributed by atoms with Crippen molar-refractivity contribution in [3.8, 4) is 5.75 Å². The van der Waals surface area contributed by atoms with Crippen molar-refractivity contribution in [2.24, 2.45) is 5.92 Å². The summed E-state index contributed by atoms with van der Waals surface area (Å²) >= 11 is 0. The lowest BCUT2D eigenvalue weighted by Gasteiger charge is -2.31. The molecular formula is C22H29N3O3. The van der Waals surface area contributed by atoms with Gasteiger partial charge < -0.3 is 14.6 Å². The predicted octanol–water partition coefficient (Wildman–Crippen LogP) is 3.04. The molecule has 1 aliphatic heterocycles. The van der Waals surface area contributed by atoms with Crippen LogP contribution in [0.1, 0.15) is 31.0 Å². The minimum Gasteiger partial charge on any atom is -0.491 e. The first-order valence-electron chi connectivity index (χ1n) is 9.81. The smallest absolute Gasteiger partial charge is 0.244 e. The Kier molecular flexibility index (Phi) is 6.52. The molecule has 6 heteroatoms. The van der Waals surface area contributed by atoms with E-state index in [2.05, 4.69) is 17.1 Å². The van der Waals surface area contributed by atoms with E-state index in [9.17, 15) is 9.59 Å². The number of ether oxygens (including phenoxy) is 1. The van der Waals surface area contributed by atoms with Gasteiger partial charge in [0.25, 0.3) is 0 Å². The van der Waals surface area contributed by atoms with E-state index >= 15 is 0 Å². The number of nitrogens with one attached hydrogen (secondary N) is 1. The first-order valence-corrected chi connectivity index (χ1v) is 9.81. The third-order valence-electron chi connectivity index (χ3n) is 5.28. The summed E-state index contributed by atoms with van der Waals surface area (Å²) in [6.45, 7) is 7.07. The lowest BCUT2D eigenvalue weighted by Crippen LogP contribution is -2.34. The predicted molar refractivity (Wildman–Crippen MR) is 111 cm³/mol. The Morgan fingerprint density at radius 3 is 2.68 bits per heavy atom. The van der Waals surface area contributed by atoms with Gasteiger partial charge in [0.2, 0.25) is 11.3 Å². The second-order valence-corrected chi connectivity index (χ2v) is 7.70. The largest absolute Gasteiger partial charge is 0.491 e. The van der Waals surface area contributed by atoms with E-state index in [0.29, 0.717) is 6.54 Å². The number of aryl methyl sites for hydroxylation is 1. The third kappa shape index (κ3) is 5.23. The molecule has 28 heavy (non-hydrogen) atoms. The number of carbonyl (C=O) groups excluding carboxylic acids is 1. The summed E-state index contributed by atoms with van der Waals surface area (Å²) in [4.78, 5) is 27.2. The van der Waals surface area contributed by atoms with E-state index in [1.807, 2.05) is 35.8 Å². The number of anilines is 1. The molecule has 150 valence electrons. The number of piperidine rings is 1. The van der Waals surface area contributed by atoms with E-state index in [0.717, 1.165) is 48.8 Å². The van der Waals surface area contributed by atoms with Crippen molar-refractivity contribution < 1.29 is 9.53 Å². The molecule has 0 aliphatic carbocycles. The number of nitrogens with zero attached hydrogens (tertiary/aromatic N) is 2. The maximum absolute atomic E-state index is 12.6. The fourth-order valence-corrected chi connectivity index (χ4v) is 3.56. The summed E-state index contributed by atoms with van der Waals surface area (Å²) < 4.78 is 7.00. The van der Waals surface area contributed by atoms with E-state index in [4.69, 9.17) is 4.74 Å². The zero-order valence-electron chi connectivity index (χ0n) is 16.9. The Bertz CT molecular complexity index is 883. The molecule has 2 aromatic rings. The van der Waals surface area contributed by atoms with Crippen molar-refractivity contribution in [1.29, 1.82) is 0 Å². The summed E-state index contributed by atoms with van der Waals surface area (Å²) in [7, 11) is 1.47. The molecule has 0 radical (unpaired) electrons. The zero-order valence-corrected chi connectivity index (χ0v) is 16.9. The number of aromatic nitrogens is 1. The van der Waals surface area contributed by atoms with Crippen LogP contribution in [-0.4, -0.2) is 35.6 Å². The van der Waals surface area contributed by atoms with E-state index < -0.39 is 0 Å². The number of hydrogen-bond acceptors (Lipinski definition) is 4. The van der Waals surface area contributed by atoms with Crippen LogP contribution in [0.5, 0.6) is 5.75 Å². The van der Waals surface area contributed by atoms with Crippen LogP contribution in [0, 0.1) is 12.8 Å². The Labute approximate surface area is 166 Å². The minimum atomic E-state index is -0.154. The molecule has 1 saturated heterocycles. The second kappa shape index (κ2) is 9.06. The van der Waals surface area contributed by atoms with Gasteiger partial charge in [0.05, 0.1) is 13.3 Å². The molecule has 2 heterocycles. The third-order valence-corrected chi connectivity index (χ3v) is 5.28. The van der Waals surface area contributed by atoms with Gasteiger partial charge in [-0.1, -0.05) is 19.1 Å². The standard InChI is InChI=1S/C22H29N3O3/c1-16-7-9-24(10-8-16)13-19-12-20(26)21(28-3)14-25(19)15-22(27)23-18-6-4-5-17(2)11-18/h4-6,11-12,14,16H,7-10,13,15H2,1-3H3,(H,23,27). The van der Waals surface area contributed by atoms with Crippen LogP contribution in [0.4, 0.5) is 5.69 Å². The van der Waals surface area contributed by atoms with Crippen molar-refractivity contribution in [2.45, 2.75) is 39.8 Å². The molecule has 1 amide bonds. The van der Waals surface area contributed by atoms with E-state index in [1.165, 1.54) is 7.11 Å². The molecule has 0 bridgehead atoms. The number of likely N-dealkylation sites (tertiary alicyclic amines) is 1. The van der Waals surface area contributed by atoms with Crippen LogP contribution in [0.15, 0.2) is 41.3 Å². The van der Waals surface area contributed by atoms with E-state index in [-0.39, 0.29) is 23.6 Å². The first kappa shape index (κ1) is 20.1. The van der Waals surface area contributed by atoms with Crippen molar-refractivity contribution in [3.63, 3.8) is 0 Å². The Balaban J connectivity index is 1.77. The fourth-order valence-electron chi connectivity index (χ4n) is 3.56. The van der Waals surface area contributed by atoms with Crippen LogP contribution >= 0.6 is 0 Å². The molecule has 0 unspecified atom stereocenters. The molecule has 3 rings (SSSR count). The number of benzene rings is 1. The Hall–Kier alpha value is -2.60. The molecule has 0 atom stereocenters. The molecular weight excluding hydrogens is 354 g/mol. The molecule has 1 aliphatic rings. The van der Waals surface area contributed by atoms with Crippen LogP contribution in [0.2, 0.25) is 0 Å². The molecule has 1 N–H and O–H groups in total. The molecule has 0 spiro atoms. The van der Waals surface area contributed by atoms with Crippen LogP contribution in [0.3, 0.4) is 0 Å². The fraction of sp³-hybridized carbons (Fsp3) is 0.455. The van der Waals surface area contributed by atoms with Crippen molar-refractivity contribution in [1.82, 2.24) is 9.47 Å². The minimum absolute atomic E-state index is 0.129. The Morgan fingerprint density at radius 2 is 2.00 bits per heavy atom. The highest BCUT2D eigenvalue weighted by atomic mass is 16.5. The molecule has 1 aromatic heterocycles. The van der Waals surface area contributed by atoms with Gasteiger partial charge in [-0.05, 0) is 56.5 Å². The maximum atomic E-state index is 12.6. The SMILES string of the molecule is COc1cn(CC(=O)Nc2cccc(C)c2)c(CN2CCC(C)CC2)cc1=O. The summed E-state index contributed by atoms with van der Waals surface area (Å²) in [5, 5.41) is 2.93. The average Bonchev–Trinajstić information content (AvgIpc) is 2.65. The van der Waals surface area contributed by atoms with Crippen LogP contribution in [0.25, 0.3) is 0 Å². The molecule has 0 saturated carbocycles. The maximum Gasteiger partial charge on any atom is 0.244 e.